The molecule has 0 saturated carbocycles. The third kappa shape index (κ3) is 3.06. The van der Waals surface area contributed by atoms with Crippen molar-refractivity contribution in [2.45, 2.75) is 32.2 Å². The molecule has 4 atom stereocenters. The number of aliphatic hydroxyl groups excluding tert-OH is 3. The molecule has 3 N–H and O–H groups in total. The summed E-state index contributed by atoms with van der Waals surface area (Å²) in [7, 11) is 1.46. The van der Waals surface area contributed by atoms with Crippen molar-refractivity contribution in [3.05, 3.63) is 0 Å². The number of methoxy groups -OCH3 is 1. The van der Waals surface area contributed by atoms with Crippen molar-refractivity contribution in [1.82, 2.24) is 0 Å². The number of hydrogen-bond donors (Lipinski definition) is 3. The molecule has 0 radical (unpaired) electrons. The van der Waals surface area contributed by atoms with Crippen LogP contribution in [0.3, 0.4) is 0 Å². The third-order valence-corrected chi connectivity index (χ3v) is 2.07. The van der Waals surface area contributed by atoms with Crippen LogP contribution in [0, 0.1) is 5.92 Å². The quantitative estimate of drug-likeness (QED) is 0.524. The monoisotopic (exact) mass is 178 g/mol. The van der Waals surface area contributed by atoms with Crippen molar-refractivity contribution in [2.24, 2.45) is 5.92 Å². The number of ether oxygens (including phenoxy) is 1. The minimum Gasteiger partial charge on any atom is -0.396 e. The summed E-state index contributed by atoms with van der Waals surface area (Å²) in [6, 6.07) is 0. The van der Waals surface area contributed by atoms with E-state index in [1.807, 2.05) is 0 Å². The second-order valence-corrected chi connectivity index (χ2v) is 3.08. The van der Waals surface area contributed by atoms with Gasteiger partial charge in [0.25, 0.3) is 0 Å². The Hall–Kier alpha value is -0.160. The van der Waals surface area contributed by atoms with Crippen LogP contribution in [0.15, 0.2) is 0 Å². The van der Waals surface area contributed by atoms with Crippen molar-refractivity contribution >= 4 is 0 Å². The van der Waals surface area contributed by atoms with Crippen LogP contribution in [0.1, 0.15) is 13.8 Å². The largest absolute Gasteiger partial charge is 0.396 e. The van der Waals surface area contributed by atoms with Gasteiger partial charge in [0.1, 0.15) is 6.10 Å². The van der Waals surface area contributed by atoms with Crippen LogP contribution in [-0.4, -0.2) is 47.3 Å². The average molecular weight is 178 g/mol. The highest BCUT2D eigenvalue weighted by Crippen LogP contribution is 2.11. The van der Waals surface area contributed by atoms with Gasteiger partial charge in [-0.3, -0.25) is 0 Å². The Bertz CT molecular complexity index is 104. The van der Waals surface area contributed by atoms with E-state index in [0.717, 1.165) is 0 Å². The van der Waals surface area contributed by atoms with Gasteiger partial charge in [0, 0.05) is 19.6 Å². The first-order valence-electron chi connectivity index (χ1n) is 4.04. The van der Waals surface area contributed by atoms with E-state index in [2.05, 4.69) is 0 Å². The van der Waals surface area contributed by atoms with Gasteiger partial charge in [-0.2, -0.15) is 0 Å². The summed E-state index contributed by atoms with van der Waals surface area (Å²) >= 11 is 0. The maximum Gasteiger partial charge on any atom is 0.106 e. The fourth-order valence-electron chi connectivity index (χ4n) is 0.862. The van der Waals surface area contributed by atoms with Gasteiger partial charge >= 0.3 is 0 Å². The average Bonchev–Trinajstić information content (AvgIpc) is 2.12. The molecule has 12 heavy (non-hydrogen) atoms. The molecule has 0 aromatic rings. The molecule has 0 bridgehead atoms. The summed E-state index contributed by atoms with van der Waals surface area (Å²) in [6.07, 6.45) is -2.31. The molecule has 0 saturated heterocycles. The molecule has 4 nitrogen and oxygen atoms in total. The molecule has 0 spiro atoms. The van der Waals surface area contributed by atoms with E-state index < -0.39 is 18.3 Å². The van der Waals surface area contributed by atoms with Crippen molar-refractivity contribution in [1.29, 1.82) is 0 Å². The van der Waals surface area contributed by atoms with Gasteiger partial charge in [-0.25, -0.2) is 0 Å². The summed E-state index contributed by atoms with van der Waals surface area (Å²) in [4.78, 5) is 0. The SMILES string of the molecule is COC(C)C(O)C(O)C(C)CO. The van der Waals surface area contributed by atoms with Crippen molar-refractivity contribution in [3.8, 4) is 0 Å². The van der Waals surface area contributed by atoms with E-state index in [1.54, 1.807) is 13.8 Å². The first-order valence-corrected chi connectivity index (χ1v) is 4.04. The van der Waals surface area contributed by atoms with Gasteiger partial charge in [-0.1, -0.05) is 6.92 Å². The molecule has 4 heteroatoms. The Morgan fingerprint density at radius 3 is 2.00 bits per heavy atom. The van der Waals surface area contributed by atoms with E-state index in [9.17, 15) is 10.2 Å². The Labute approximate surface area is 72.8 Å². The predicted octanol–water partition coefficient (Wildman–Crippen LogP) is -0.629. The molecule has 0 aliphatic rings. The van der Waals surface area contributed by atoms with Crippen molar-refractivity contribution in [3.63, 3.8) is 0 Å². The standard InChI is InChI=1S/C8H18O4/c1-5(4-9)7(10)8(11)6(2)12-3/h5-11H,4H2,1-3H3. The molecule has 0 aromatic heterocycles. The molecule has 0 aliphatic heterocycles. The first kappa shape index (κ1) is 11.8. The van der Waals surface area contributed by atoms with Gasteiger partial charge in [0.05, 0.1) is 12.2 Å². The van der Waals surface area contributed by atoms with Crippen LogP contribution in [-0.2, 0) is 4.74 Å². The Kier molecular flexibility index (Phi) is 5.41. The highest BCUT2D eigenvalue weighted by atomic mass is 16.5. The van der Waals surface area contributed by atoms with Crippen molar-refractivity contribution in [2.75, 3.05) is 13.7 Å². The lowest BCUT2D eigenvalue weighted by molar-refractivity contribution is -0.0909. The van der Waals surface area contributed by atoms with E-state index >= 15 is 0 Å². The molecular formula is C8H18O4. The summed E-state index contributed by atoms with van der Waals surface area (Å²) in [6.45, 7) is 3.18. The van der Waals surface area contributed by atoms with Crippen LogP contribution >= 0.6 is 0 Å². The van der Waals surface area contributed by atoms with Gasteiger partial charge < -0.3 is 20.1 Å². The summed E-state index contributed by atoms with van der Waals surface area (Å²) in [5.41, 5.74) is 0. The highest BCUT2D eigenvalue weighted by molar-refractivity contribution is 4.76. The molecule has 74 valence electrons. The minimum absolute atomic E-state index is 0.144. The third-order valence-electron chi connectivity index (χ3n) is 2.07. The predicted molar refractivity (Wildman–Crippen MR) is 44.7 cm³/mol. The van der Waals surface area contributed by atoms with Gasteiger partial charge in [0.2, 0.25) is 0 Å². The maximum atomic E-state index is 9.40. The summed E-state index contributed by atoms with van der Waals surface area (Å²) in [5.74, 6) is -0.336. The van der Waals surface area contributed by atoms with Gasteiger partial charge in [-0.05, 0) is 6.92 Å². The number of hydrogen-bond acceptors (Lipinski definition) is 4. The topological polar surface area (TPSA) is 69.9 Å². The summed E-state index contributed by atoms with van der Waals surface area (Å²) < 4.78 is 4.84. The molecule has 0 rings (SSSR count). The molecule has 4 unspecified atom stereocenters. The molecule has 0 amide bonds. The first-order chi connectivity index (χ1) is 5.54. The summed E-state index contributed by atoms with van der Waals surface area (Å²) in [5, 5.41) is 27.5. The second-order valence-electron chi connectivity index (χ2n) is 3.08. The Morgan fingerprint density at radius 1 is 1.17 bits per heavy atom. The fourth-order valence-corrected chi connectivity index (χ4v) is 0.862. The van der Waals surface area contributed by atoms with E-state index in [0.29, 0.717) is 0 Å². The number of rotatable bonds is 5. The fraction of sp³-hybridized carbons (Fsp3) is 1.00. The van der Waals surface area contributed by atoms with E-state index in [1.165, 1.54) is 7.11 Å². The lowest BCUT2D eigenvalue weighted by Crippen LogP contribution is -2.41. The molecule has 0 aromatic carbocycles. The highest BCUT2D eigenvalue weighted by Gasteiger charge is 2.26. The van der Waals surface area contributed by atoms with Crippen LogP contribution in [0.2, 0.25) is 0 Å². The molecule has 0 heterocycles. The zero-order chi connectivity index (χ0) is 9.72. The minimum atomic E-state index is -0.947. The smallest absolute Gasteiger partial charge is 0.106 e. The molecule has 0 aliphatic carbocycles. The zero-order valence-electron chi connectivity index (χ0n) is 7.77. The van der Waals surface area contributed by atoms with E-state index in [4.69, 9.17) is 9.84 Å². The van der Waals surface area contributed by atoms with Gasteiger partial charge in [-0.15, -0.1) is 0 Å². The van der Waals surface area contributed by atoms with Crippen molar-refractivity contribution < 1.29 is 20.1 Å². The normalized spacial score (nSPS) is 21.5. The Balaban J connectivity index is 3.99. The van der Waals surface area contributed by atoms with Gasteiger partial charge in [0.15, 0.2) is 0 Å². The molecular weight excluding hydrogens is 160 g/mol. The molecule has 0 fully saturated rings. The zero-order valence-corrected chi connectivity index (χ0v) is 7.77. The lowest BCUT2D eigenvalue weighted by Gasteiger charge is -2.26. The number of aliphatic hydroxyl groups is 3. The second kappa shape index (κ2) is 5.48. The van der Waals surface area contributed by atoms with Crippen LogP contribution in [0.4, 0.5) is 0 Å². The van der Waals surface area contributed by atoms with Crippen LogP contribution in [0.25, 0.3) is 0 Å². The maximum absolute atomic E-state index is 9.40. The Morgan fingerprint density at radius 2 is 1.67 bits per heavy atom. The van der Waals surface area contributed by atoms with E-state index in [-0.39, 0.29) is 12.5 Å². The lowest BCUT2D eigenvalue weighted by atomic mass is 9.98. The van der Waals surface area contributed by atoms with Crippen LogP contribution < -0.4 is 0 Å². The van der Waals surface area contributed by atoms with Crippen LogP contribution in [0.5, 0.6) is 0 Å².